The highest BCUT2D eigenvalue weighted by Gasteiger charge is 2.34. The lowest BCUT2D eigenvalue weighted by Crippen LogP contribution is -2.43. The number of anilines is 1. The van der Waals surface area contributed by atoms with Gasteiger partial charge in [0.05, 0.1) is 43.9 Å². The molecule has 0 fully saturated rings. The summed E-state index contributed by atoms with van der Waals surface area (Å²) in [7, 11) is 5.08. The number of carbonyl (C=O) groups excluding carboxylic acids is 1. The van der Waals surface area contributed by atoms with Crippen molar-refractivity contribution in [3.63, 3.8) is 0 Å². The van der Waals surface area contributed by atoms with E-state index in [0.29, 0.717) is 37.9 Å². The molecule has 3 heterocycles. The summed E-state index contributed by atoms with van der Waals surface area (Å²) in [4.78, 5) is 27.5. The lowest BCUT2D eigenvalue weighted by molar-refractivity contribution is -0.122. The summed E-state index contributed by atoms with van der Waals surface area (Å²) < 4.78 is 12.1. The number of fused-ring (bicyclic) bond motifs is 1. The minimum absolute atomic E-state index is 0.0485. The molecule has 134 valence electrons. The van der Waals surface area contributed by atoms with Crippen LogP contribution in [0.5, 0.6) is 5.88 Å². The number of hydrogen-bond acceptors (Lipinski definition) is 7. The van der Waals surface area contributed by atoms with Crippen LogP contribution in [0, 0.1) is 0 Å². The lowest BCUT2D eigenvalue weighted by atomic mass is 9.97. The molecule has 0 aromatic carbocycles. The van der Waals surface area contributed by atoms with Crippen LogP contribution in [0.15, 0.2) is 18.7 Å². The van der Waals surface area contributed by atoms with E-state index in [1.54, 1.807) is 26.6 Å². The second kappa shape index (κ2) is 7.47. The largest absolute Gasteiger partial charge is 0.481 e. The molecule has 1 aliphatic heterocycles. The van der Waals surface area contributed by atoms with E-state index >= 15 is 0 Å². The fourth-order valence-electron chi connectivity index (χ4n) is 3.00. The molecule has 0 radical (unpaired) electrons. The molecule has 1 unspecified atom stereocenters. The van der Waals surface area contributed by atoms with Crippen molar-refractivity contribution in [3.05, 3.63) is 30.1 Å². The molecule has 1 amide bonds. The summed E-state index contributed by atoms with van der Waals surface area (Å²) in [6.07, 6.45) is 3.19. The van der Waals surface area contributed by atoms with Gasteiger partial charge in [-0.15, -0.1) is 0 Å². The van der Waals surface area contributed by atoms with Gasteiger partial charge in [0, 0.05) is 33.3 Å². The first-order valence-electron chi connectivity index (χ1n) is 8.01. The summed E-state index contributed by atoms with van der Waals surface area (Å²) in [5.74, 6) is 0.803. The minimum Gasteiger partial charge on any atom is -0.481 e. The first-order valence-corrected chi connectivity index (χ1v) is 8.01. The Bertz CT molecular complexity index is 747. The average molecular weight is 346 g/mol. The zero-order valence-corrected chi connectivity index (χ0v) is 14.6. The van der Waals surface area contributed by atoms with Crippen LogP contribution >= 0.6 is 0 Å². The van der Waals surface area contributed by atoms with Gasteiger partial charge in [-0.25, -0.2) is 15.0 Å². The van der Waals surface area contributed by atoms with E-state index in [4.69, 9.17) is 9.47 Å². The van der Waals surface area contributed by atoms with Gasteiger partial charge >= 0.3 is 0 Å². The van der Waals surface area contributed by atoms with Crippen molar-refractivity contribution in [1.29, 1.82) is 0 Å². The summed E-state index contributed by atoms with van der Waals surface area (Å²) in [5, 5.41) is 2.92. The maximum atomic E-state index is 12.7. The van der Waals surface area contributed by atoms with E-state index < -0.39 is 0 Å². The topological polar surface area (TPSA) is 94.4 Å². The lowest BCUT2D eigenvalue weighted by Gasteiger charge is -2.33. The fourth-order valence-corrected chi connectivity index (χ4v) is 3.00. The Morgan fingerprint density at radius 3 is 2.96 bits per heavy atom. The highest BCUT2D eigenvalue weighted by Crippen LogP contribution is 2.30. The monoisotopic (exact) mass is 346 g/mol. The Kier molecular flexibility index (Phi) is 5.13. The van der Waals surface area contributed by atoms with E-state index in [1.807, 2.05) is 16.5 Å². The van der Waals surface area contributed by atoms with Crippen LogP contribution < -0.4 is 15.0 Å². The summed E-state index contributed by atoms with van der Waals surface area (Å²) in [6, 6.07) is 1.76. The van der Waals surface area contributed by atoms with Crippen molar-refractivity contribution in [2.45, 2.75) is 12.5 Å². The third-order valence-electron chi connectivity index (χ3n) is 4.22. The van der Waals surface area contributed by atoms with Gasteiger partial charge in [-0.3, -0.25) is 4.79 Å². The van der Waals surface area contributed by atoms with Crippen molar-refractivity contribution in [3.8, 4) is 5.88 Å². The van der Waals surface area contributed by atoms with Crippen LogP contribution in [-0.2, 0) is 23.1 Å². The van der Waals surface area contributed by atoms with Crippen molar-refractivity contribution in [2.24, 2.45) is 7.05 Å². The van der Waals surface area contributed by atoms with Gasteiger partial charge in [0.25, 0.3) is 0 Å². The molecule has 0 bridgehead atoms. The number of nitrogens with zero attached hydrogens (tertiary/aromatic N) is 5. The number of nitrogens with one attached hydrogen (secondary N) is 1. The van der Waals surface area contributed by atoms with Crippen molar-refractivity contribution >= 4 is 11.7 Å². The molecule has 9 nitrogen and oxygen atoms in total. The predicted octanol–water partition coefficient (Wildman–Crippen LogP) is 0.0851. The molecular formula is C16H22N6O3. The predicted molar refractivity (Wildman–Crippen MR) is 90.5 cm³/mol. The SMILES string of the molecule is COCCNC(=O)C1CN(c2cc(OC)ncn2)Cc2ncn(C)c21. The zero-order valence-electron chi connectivity index (χ0n) is 14.6. The second-order valence-corrected chi connectivity index (χ2v) is 5.82. The van der Waals surface area contributed by atoms with Gasteiger partial charge in [0.1, 0.15) is 12.1 Å². The highest BCUT2D eigenvalue weighted by atomic mass is 16.5. The Morgan fingerprint density at radius 2 is 2.20 bits per heavy atom. The van der Waals surface area contributed by atoms with Gasteiger partial charge in [-0.05, 0) is 0 Å². The van der Waals surface area contributed by atoms with Crippen LogP contribution in [0.25, 0.3) is 0 Å². The van der Waals surface area contributed by atoms with Gasteiger partial charge < -0.3 is 24.3 Å². The molecular weight excluding hydrogens is 324 g/mol. The summed E-state index contributed by atoms with van der Waals surface area (Å²) >= 11 is 0. The van der Waals surface area contributed by atoms with Gasteiger partial charge in [-0.2, -0.15) is 0 Å². The van der Waals surface area contributed by atoms with E-state index in [-0.39, 0.29) is 11.8 Å². The Labute approximate surface area is 146 Å². The Hall–Kier alpha value is -2.68. The van der Waals surface area contributed by atoms with Crippen LogP contribution in [0.4, 0.5) is 5.82 Å². The number of amides is 1. The van der Waals surface area contributed by atoms with Crippen LogP contribution in [0.1, 0.15) is 17.3 Å². The molecule has 25 heavy (non-hydrogen) atoms. The van der Waals surface area contributed by atoms with Gasteiger partial charge in [0.2, 0.25) is 11.8 Å². The van der Waals surface area contributed by atoms with Crippen LogP contribution in [-0.4, -0.2) is 59.3 Å². The molecule has 3 rings (SSSR count). The first-order chi connectivity index (χ1) is 12.1. The molecule has 9 heteroatoms. The number of ether oxygens (including phenoxy) is 2. The first kappa shape index (κ1) is 17.2. The van der Waals surface area contributed by atoms with Gasteiger partial charge in [0.15, 0.2) is 0 Å². The smallest absolute Gasteiger partial charge is 0.231 e. The molecule has 2 aromatic heterocycles. The van der Waals surface area contributed by atoms with Crippen LogP contribution in [0.3, 0.4) is 0 Å². The van der Waals surface area contributed by atoms with E-state index in [0.717, 1.165) is 11.4 Å². The molecule has 0 saturated carbocycles. The minimum atomic E-state index is -0.339. The Morgan fingerprint density at radius 1 is 1.36 bits per heavy atom. The number of aryl methyl sites for hydroxylation is 1. The maximum Gasteiger partial charge on any atom is 0.231 e. The molecule has 0 spiro atoms. The number of methoxy groups -OCH3 is 2. The fraction of sp³-hybridized carbons (Fsp3) is 0.500. The van der Waals surface area contributed by atoms with Gasteiger partial charge in [-0.1, -0.05) is 0 Å². The molecule has 1 aliphatic rings. The average Bonchev–Trinajstić information content (AvgIpc) is 3.02. The van der Waals surface area contributed by atoms with E-state index in [1.165, 1.54) is 6.33 Å². The number of aromatic nitrogens is 4. The number of carbonyl (C=O) groups is 1. The third-order valence-corrected chi connectivity index (χ3v) is 4.22. The van der Waals surface area contributed by atoms with Crippen molar-refractivity contribution in [2.75, 3.05) is 38.8 Å². The normalized spacial score (nSPS) is 16.4. The molecule has 1 atom stereocenters. The number of rotatable bonds is 6. The van der Waals surface area contributed by atoms with Crippen molar-refractivity contribution in [1.82, 2.24) is 24.8 Å². The zero-order chi connectivity index (χ0) is 17.8. The van der Waals surface area contributed by atoms with Crippen molar-refractivity contribution < 1.29 is 14.3 Å². The quantitative estimate of drug-likeness (QED) is 0.741. The summed E-state index contributed by atoms with van der Waals surface area (Å²) in [5.41, 5.74) is 1.81. The second-order valence-electron chi connectivity index (χ2n) is 5.82. The Balaban J connectivity index is 1.86. The number of hydrogen-bond donors (Lipinski definition) is 1. The van der Waals surface area contributed by atoms with Crippen LogP contribution in [0.2, 0.25) is 0 Å². The molecule has 2 aromatic rings. The third kappa shape index (κ3) is 3.55. The highest BCUT2D eigenvalue weighted by molar-refractivity contribution is 5.84. The van der Waals surface area contributed by atoms with E-state index in [2.05, 4.69) is 20.3 Å². The summed E-state index contributed by atoms with van der Waals surface area (Å²) in [6.45, 7) is 2.04. The molecule has 1 N–H and O–H groups in total. The molecule has 0 saturated heterocycles. The van der Waals surface area contributed by atoms with E-state index in [9.17, 15) is 4.79 Å². The molecule has 0 aliphatic carbocycles. The number of imidazole rings is 1. The maximum absolute atomic E-state index is 12.7. The standard InChI is InChI=1S/C16H22N6O3/c1-21-10-20-12-8-22(13-6-14(25-3)19-9-18-13)7-11(15(12)21)16(23)17-4-5-24-2/h6,9-11H,4-5,7-8H2,1-3H3,(H,17,23).